The molecule has 3 aliphatic heterocycles. The summed E-state index contributed by atoms with van der Waals surface area (Å²) in [6, 6.07) is 17.4. The Labute approximate surface area is 209 Å². The SMILES string of the molecule is O=C(c1ccc(Cl)cc1)[C@H]1[C@H]2C(=O)N(c3cccc([N+](=O)[O-])c3)C(=O)[C@H]2[C@@H]2c3ccccc3C=NN12. The van der Waals surface area contributed by atoms with Crippen molar-refractivity contribution < 1.29 is 19.3 Å². The number of benzene rings is 3. The van der Waals surface area contributed by atoms with E-state index in [1.54, 1.807) is 35.5 Å². The monoisotopic (exact) mass is 500 g/mol. The molecule has 3 aromatic rings. The normalized spacial score (nSPS) is 23.9. The molecule has 3 aromatic carbocycles. The van der Waals surface area contributed by atoms with E-state index >= 15 is 0 Å². The quantitative estimate of drug-likeness (QED) is 0.231. The minimum absolute atomic E-state index is 0.102. The fourth-order valence-electron chi connectivity index (χ4n) is 5.45. The van der Waals surface area contributed by atoms with Gasteiger partial charge >= 0.3 is 0 Å². The number of ketones is 1. The molecule has 0 unspecified atom stereocenters. The topological polar surface area (TPSA) is 113 Å². The molecule has 0 radical (unpaired) electrons. The van der Waals surface area contributed by atoms with Crippen molar-refractivity contribution in [1.82, 2.24) is 5.01 Å². The van der Waals surface area contributed by atoms with Crippen molar-refractivity contribution in [2.24, 2.45) is 16.9 Å². The summed E-state index contributed by atoms with van der Waals surface area (Å²) in [7, 11) is 0. The summed E-state index contributed by atoms with van der Waals surface area (Å²) >= 11 is 6.00. The van der Waals surface area contributed by atoms with E-state index in [9.17, 15) is 24.5 Å². The zero-order valence-electron chi connectivity index (χ0n) is 18.5. The van der Waals surface area contributed by atoms with Crippen LogP contribution in [-0.2, 0) is 9.59 Å². The molecule has 0 saturated carbocycles. The van der Waals surface area contributed by atoms with Crippen LogP contribution in [-0.4, -0.2) is 39.8 Å². The summed E-state index contributed by atoms with van der Waals surface area (Å²) in [5, 5.41) is 17.9. The van der Waals surface area contributed by atoms with Crippen LogP contribution in [0.3, 0.4) is 0 Å². The second-order valence-corrected chi connectivity index (χ2v) is 9.29. The number of nitro benzene ring substituents is 1. The summed E-state index contributed by atoms with van der Waals surface area (Å²) in [4.78, 5) is 53.1. The lowest BCUT2D eigenvalue weighted by Gasteiger charge is -2.33. The van der Waals surface area contributed by atoms with Gasteiger partial charge in [-0.2, -0.15) is 5.10 Å². The fraction of sp³-hybridized carbons (Fsp3) is 0.154. The Hall–Kier alpha value is -4.37. The van der Waals surface area contributed by atoms with Gasteiger partial charge in [0, 0.05) is 22.7 Å². The number of carbonyl (C=O) groups is 3. The number of non-ortho nitro benzene ring substituents is 1. The van der Waals surface area contributed by atoms with Gasteiger partial charge < -0.3 is 0 Å². The van der Waals surface area contributed by atoms with Gasteiger partial charge in [0.1, 0.15) is 6.04 Å². The molecule has 2 fully saturated rings. The van der Waals surface area contributed by atoms with E-state index in [0.717, 1.165) is 16.0 Å². The standard InChI is InChI=1S/C26H17ClN4O5/c27-16-10-8-14(9-11-16)24(32)23-21-20(22-19-7-2-1-4-15(19)13-28-30(22)23)25(33)29(26(21)34)17-5-3-6-18(12-17)31(35)36/h1-13,20-23H/t20-,21+,22+,23-/m1/s1. The number of carbonyl (C=O) groups excluding carboxylic acids is 3. The van der Waals surface area contributed by atoms with Crippen LogP contribution in [0, 0.1) is 22.0 Å². The molecule has 10 heteroatoms. The van der Waals surface area contributed by atoms with E-state index in [1.807, 2.05) is 24.3 Å². The van der Waals surface area contributed by atoms with Crippen molar-refractivity contribution in [3.8, 4) is 0 Å². The summed E-state index contributed by atoms with van der Waals surface area (Å²) in [6.45, 7) is 0. The lowest BCUT2D eigenvalue weighted by atomic mass is 9.83. The van der Waals surface area contributed by atoms with E-state index in [1.165, 1.54) is 24.3 Å². The molecule has 0 aromatic heterocycles. The average molecular weight is 501 g/mol. The molecule has 0 aliphatic carbocycles. The number of hydrazone groups is 1. The van der Waals surface area contributed by atoms with Crippen LogP contribution in [0.15, 0.2) is 77.9 Å². The van der Waals surface area contributed by atoms with Crippen molar-refractivity contribution in [2.45, 2.75) is 12.1 Å². The van der Waals surface area contributed by atoms with Crippen molar-refractivity contribution in [2.75, 3.05) is 4.90 Å². The van der Waals surface area contributed by atoms with Gasteiger partial charge in [-0.1, -0.05) is 41.9 Å². The molecule has 2 saturated heterocycles. The Morgan fingerprint density at radius 3 is 2.42 bits per heavy atom. The van der Waals surface area contributed by atoms with Crippen LogP contribution in [0.4, 0.5) is 11.4 Å². The summed E-state index contributed by atoms with van der Waals surface area (Å²) < 4.78 is 0. The summed E-state index contributed by atoms with van der Waals surface area (Å²) in [5.41, 5.74) is 1.78. The number of halogens is 1. The minimum atomic E-state index is -1.04. The second-order valence-electron chi connectivity index (χ2n) is 8.85. The number of fused-ring (bicyclic) bond motifs is 5. The maximum Gasteiger partial charge on any atom is 0.271 e. The van der Waals surface area contributed by atoms with Crippen LogP contribution in [0.2, 0.25) is 5.02 Å². The number of rotatable bonds is 4. The number of hydrogen-bond acceptors (Lipinski definition) is 7. The molecule has 178 valence electrons. The number of nitrogens with zero attached hydrogens (tertiary/aromatic N) is 4. The number of Topliss-reactive ketones (excluding diaryl/α,β-unsaturated/α-hetero) is 1. The number of hydrogen-bond donors (Lipinski definition) is 0. The highest BCUT2D eigenvalue weighted by atomic mass is 35.5. The minimum Gasteiger partial charge on any atom is -0.292 e. The molecule has 2 amide bonds. The molecular formula is C26H17ClN4O5. The third-order valence-electron chi connectivity index (χ3n) is 6.99. The Bertz CT molecular complexity index is 1490. The Morgan fingerprint density at radius 2 is 1.67 bits per heavy atom. The van der Waals surface area contributed by atoms with Gasteiger partial charge in [-0.05, 0) is 41.5 Å². The lowest BCUT2D eigenvalue weighted by molar-refractivity contribution is -0.384. The molecule has 36 heavy (non-hydrogen) atoms. The molecule has 0 bridgehead atoms. The van der Waals surface area contributed by atoms with Crippen LogP contribution in [0.5, 0.6) is 0 Å². The zero-order chi connectivity index (χ0) is 25.1. The first-order valence-electron chi connectivity index (χ1n) is 11.2. The maximum atomic E-state index is 13.8. The maximum absolute atomic E-state index is 13.8. The Balaban J connectivity index is 1.49. The third kappa shape index (κ3) is 3.16. The van der Waals surface area contributed by atoms with Crippen molar-refractivity contribution in [3.05, 3.63) is 105 Å². The molecule has 3 heterocycles. The van der Waals surface area contributed by atoms with Crippen molar-refractivity contribution >= 4 is 46.8 Å². The van der Waals surface area contributed by atoms with Gasteiger partial charge in [0.25, 0.3) is 5.69 Å². The average Bonchev–Trinajstić information content (AvgIpc) is 3.36. The predicted molar refractivity (Wildman–Crippen MR) is 131 cm³/mol. The van der Waals surface area contributed by atoms with Gasteiger partial charge in [-0.3, -0.25) is 29.5 Å². The number of imide groups is 1. The largest absolute Gasteiger partial charge is 0.292 e. The van der Waals surface area contributed by atoms with Crippen LogP contribution < -0.4 is 4.90 Å². The van der Waals surface area contributed by atoms with E-state index in [2.05, 4.69) is 5.10 Å². The van der Waals surface area contributed by atoms with Crippen molar-refractivity contribution in [3.63, 3.8) is 0 Å². The van der Waals surface area contributed by atoms with Gasteiger partial charge in [0.2, 0.25) is 11.8 Å². The molecule has 0 N–H and O–H groups in total. The highest BCUT2D eigenvalue weighted by Crippen LogP contribution is 2.53. The third-order valence-corrected chi connectivity index (χ3v) is 7.24. The van der Waals surface area contributed by atoms with Gasteiger partial charge in [0.05, 0.1) is 34.7 Å². The Morgan fingerprint density at radius 1 is 0.944 bits per heavy atom. The molecule has 0 spiro atoms. The van der Waals surface area contributed by atoms with E-state index in [4.69, 9.17) is 11.6 Å². The molecule has 4 atom stereocenters. The van der Waals surface area contributed by atoms with E-state index < -0.39 is 40.7 Å². The van der Waals surface area contributed by atoms with Crippen molar-refractivity contribution in [1.29, 1.82) is 0 Å². The molecule has 9 nitrogen and oxygen atoms in total. The number of nitro groups is 1. The predicted octanol–water partition coefficient (Wildman–Crippen LogP) is 4.01. The summed E-state index contributed by atoms with van der Waals surface area (Å²) in [6.07, 6.45) is 1.63. The van der Waals surface area contributed by atoms with Crippen LogP contribution in [0.25, 0.3) is 0 Å². The van der Waals surface area contributed by atoms with Gasteiger partial charge in [-0.25, -0.2) is 4.90 Å². The molecule has 6 rings (SSSR count). The first kappa shape index (κ1) is 22.1. The number of anilines is 1. The highest BCUT2D eigenvalue weighted by Gasteiger charge is 2.65. The van der Waals surface area contributed by atoms with Gasteiger partial charge in [0.15, 0.2) is 5.78 Å². The second kappa shape index (κ2) is 8.10. The molecule has 3 aliphatic rings. The zero-order valence-corrected chi connectivity index (χ0v) is 19.3. The smallest absolute Gasteiger partial charge is 0.271 e. The van der Waals surface area contributed by atoms with E-state index in [0.29, 0.717) is 10.6 Å². The number of amides is 2. The van der Waals surface area contributed by atoms with E-state index in [-0.39, 0.29) is 17.2 Å². The highest BCUT2D eigenvalue weighted by molar-refractivity contribution is 6.30. The molecular weight excluding hydrogens is 484 g/mol. The first-order chi connectivity index (χ1) is 17.4. The summed E-state index contributed by atoms with van der Waals surface area (Å²) in [5.74, 6) is -3.37. The van der Waals surface area contributed by atoms with Crippen LogP contribution >= 0.6 is 11.6 Å². The van der Waals surface area contributed by atoms with Gasteiger partial charge in [-0.15, -0.1) is 0 Å². The Kier molecular flexibility index (Phi) is 4.97. The lowest BCUT2D eigenvalue weighted by Crippen LogP contribution is -2.44. The van der Waals surface area contributed by atoms with Crippen LogP contribution in [0.1, 0.15) is 27.5 Å². The first-order valence-corrected chi connectivity index (χ1v) is 11.6. The fourth-order valence-corrected chi connectivity index (χ4v) is 5.58.